The van der Waals surface area contributed by atoms with E-state index in [-0.39, 0.29) is 17.3 Å². The molecule has 2 aromatic heterocycles. The number of para-hydroxylation sites is 2. The lowest BCUT2D eigenvalue weighted by Gasteiger charge is -2.09. The largest absolute Gasteiger partial charge is 0.462 e. The smallest absolute Gasteiger partial charge is 0.344 e. The van der Waals surface area contributed by atoms with E-state index in [1.165, 1.54) is 4.68 Å². The van der Waals surface area contributed by atoms with Gasteiger partial charge in [0.05, 0.1) is 23.9 Å². The Balaban J connectivity index is 1.86. The van der Waals surface area contributed by atoms with Gasteiger partial charge in [0.2, 0.25) is 0 Å². The fourth-order valence-electron chi connectivity index (χ4n) is 3.23. The number of carbonyl (C=O) groups is 1. The van der Waals surface area contributed by atoms with Crippen LogP contribution in [0.2, 0.25) is 0 Å². The number of fused-ring (bicyclic) bond motifs is 2. The molecule has 158 valence electrons. The summed E-state index contributed by atoms with van der Waals surface area (Å²) in [6.07, 6.45) is 2.62. The van der Waals surface area contributed by atoms with E-state index in [0.29, 0.717) is 28.8 Å². The molecule has 0 aliphatic rings. The minimum Gasteiger partial charge on any atom is -0.462 e. The monoisotopic (exact) mass is 415 g/mol. The zero-order valence-corrected chi connectivity index (χ0v) is 17.9. The van der Waals surface area contributed by atoms with Crippen molar-refractivity contribution in [3.05, 3.63) is 65.2 Å². The number of aromatic nitrogens is 3. The number of nitrogens with two attached hydrogens (primary N) is 1. The third-order valence-corrected chi connectivity index (χ3v) is 5.37. The molecule has 0 saturated heterocycles. The molecule has 4 aromatic rings. The van der Waals surface area contributed by atoms with Gasteiger partial charge in [0, 0.05) is 0 Å². The summed E-state index contributed by atoms with van der Waals surface area (Å²) in [5.74, 6) is -0.106. The van der Waals surface area contributed by atoms with E-state index in [0.717, 1.165) is 17.5 Å². The fraction of sp³-hybridized carbons (Fsp3) is 0.250. The summed E-state index contributed by atoms with van der Waals surface area (Å²) < 4.78 is 6.98. The van der Waals surface area contributed by atoms with Gasteiger partial charge in [-0.05, 0) is 36.1 Å². The van der Waals surface area contributed by atoms with Crippen molar-refractivity contribution in [3.8, 4) is 0 Å². The molecule has 0 saturated carbocycles. The lowest BCUT2D eigenvalue weighted by atomic mass is 10.1. The van der Waals surface area contributed by atoms with Crippen LogP contribution in [0, 0.1) is 12.8 Å². The molecule has 0 amide bonds. The molecule has 1 unspecified atom stereocenters. The molecular weight excluding hydrogens is 390 g/mol. The SMILES string of the molecule is CCC(C)COC(=O)c1c(N)n(N=Cc2ccccc2C)c2nc3ccccc3nc12. The van der Waals surface area contributed by atoms with Crippen molar-refractivity contribution in [2.75, 3.05) is 12.3 Å². The Morgan fingerprint density at radius 1 is 1.16 bits per heavy atom. The van der Waals surface area contributed by atoms with Crippen molar-refractivity contribution < 1.29 is 9.53 Å². The molecule has 0 fully saturated rings. The number of nitrogens with zero attached hydrogens (tertiary/aromatic N) is 4. The van der Waals surface area contributed by atoms with Crippen LogP contribution in [0.3, 0.4) is 0 Å². The van der Waals surface area contributed by atoms with E-state index in [1.54, 1.807) is 6.21 Å². The first-order valence-electron chi connectivity index (χ1n) is 10.3. The van der Waals surface area contributed by atoms with Crippen LogP contribution in [0.4, 0.5) is 5.82 Å². The third kappa shape index (κ3) is 3.99. The highest BCUT2D eigenvalue weighted by Gasteiger charge is 2.25. The van der Waals surface area contributed by atoms with Gasteiger partial charge in [-0.2, -0.15) is 9.78 Å². The predicted molar refractivity (Wildman–Crippen MR) is 123 cm³/mol. The maximum atomic E-state index is 12.9. The maximum Gasteiger partial charge on any atom is 0.344 e. The number of hydrogen-bond acceptors (Lipinski definition) is 6. The summed E-state index contributed by atoms with van der Waals surface area (Å²) in [6, 6.07) is 15.3. The van der Waals surface area contributed by atoms with E-state index in [9.17, 15) is 4.79 Å². The quantitative estimate of drug-likeness (QED) is 0.368. The molecule has 0 aliphatic heterocycles. The highest BCUT2D eigenvalue weighted by atomic mass is 16.5. The molecular formula is C24H25N5O2. The number of benzene rings is 2. The summed E-state index contributed by atoms with van der Waals surface area (Å²) in [7, 11) is 0. The number of aryl methyl sites for hydroxylation is 1. The Bertz CT molecular complexity index is 1290. The lowest BCUT2D eigenvalue weighted by molar-refractivity contribution is 0.0450. The van der Waals surface area contributed by atoms with Crippen LogP contribution >= 0.6 is 0 Å². The third-order valence-electron chi connectivity index (χ3n) is 5.37. The van der Waals surface area contributed by atoms with E-state index >= 15 is 0 Å². The number of esters is 1. The van der Waals surface area contributed by atoms with Crippen molar-refractivity contribution in [2.24, 2.45) is 11.0 Å². The second-order valence-electron chi connectivity index (χ2n) is 7.67. The first-order chi connectivity index (χ1) is 15.0. The molecule has 1 atom stereocenters. The van der Waals surface area contributed by atoms with Crippen molar-refractivity contribution >= 4 is 40.2 Å². The van der Waals surface area contributed by atoms with Crippen molar-refractivity contribution in [1.29, 1.82) is 0 Å². The number of ether oxygens (including phenoxy) is 1. The van der Waals surface area contributed by atoms with Gasteiger partial charge in [-0.3, -0.25) is 0 Å². The van der Waals surface area contributed by atoms with Crippen LogP contribution in [0.25, 0.3) is 22.2 Å². The summed E-state index contributed by atoms with van der Waals surface area (Å²) in [5.41, 5.74) is 10.8. The Morgan fingerprint density at radius 2 is 1.84 bits per heavy atom. The van der Waals surface area contributed by atoms with Crippen LogP contribution in [-0.4, -0.2) is 33.4 Å². The molecule has 0 bridgehead atoms. The molecule has 7 nitrogen and oxygen atoms in total. The minimum atomic E-state index is -0.516. The van der Waals surface area contributed by atoms with Crippen molar-refractivity contribution in [1.82, 2.24) is 14.6 Å². The maximum absolute atomic E-state index is 12.9. The number of hydrogen-bond donors (Lipinski definition) is 1. The molecule has 7 heteroatoms. The Morgan fingerprint density at radius 3 is 2.55 bits per heavy atom. The fourth-order valence-corrected chi connectivity index (χ4v) is 3.23. The van der Waals surface area contributed by atoms with Gasteiger partial charge in [-0.15, -0.1) is 0 Å². The van der Waals surface area contributed by atoms with Crippen molar-refractivity contribution in [2.45, 2.75) is 27.2 Å². The topological polar surface area (TPSA) is 95.4 Å². The normalized spacial score (nSPS) is 12.6. The van der Waals surface area contributed by atoms with E-state index in [1.807, 2.05) is 62.4 Å². The number of rotatable bonds is 6. The Hall–Kier alpha value is -3.74. The average Bonchev–Trinajstić information content (AvgIpc) is 3.05. The average molecular weight is 415 g/mol. The van der Waals surface area contributed by atoms with E-state index in [2.05, 4.69) is 22.0 Å². The summed E-state index contributed by atoms with van der Waals surface area (Å²) in [5, 5.41) is 4.54. The molecule has 0 radical (unpaired) electrons. The molecule has 31 heavy (non-hydrogen) atoms. The summed E-state index contributed by atoms with van der Waals surface area (Å²) in [6.45, 7) is 6.40. The van der Waals surface area contributed by atoms with E-state index in [4.69, 9.17) is 10.5 Å². The molecule has 2 N–H and O–H groups in total. The highest BCUT2D eigenvalue weighted by Crippen LogP contribution is 2.28. The molecule has 2 aromatic carbocycles. The van der Waals surface area contributed by atoms with Gasteiger partial charge < -0.3 is 10.5 Å². The van der Waals surface area contributed by atoms with Gasteiger partial charge in [-0.25, -0.2) is 14.8 Å². The summed E-state index contributed by atoms with van der Waals surface area (Å²) in [4.78, 5) is 22.3. The Kier molecular flexibility index (Phi) is 5.66. The van der Waals surface area contributed by atoms with Gasteiger partial charge >= 0.3 is 5.97 Å². The van der Waals surface area contributed by atoms with Crippen LogP contribution in [0.15, 0.2) is 53.6 Å². The highest BCUT2D eigenvalue weighted by molar-refractivity contribution is 6.08. The summed E-state index contributed by atoms with van der Waals surface area (Å²) >= 11 is 0. The first kappa shape index (κ1) is 20.5. The second-order valence-corrected chi connectivity index (χ2v) is 7.67. The Labute approximate surface area is 180 Å². The van der Waals surface area contributed by atoms with Crippen LogP contribution in [-0.2, 0) is 4.74 Å². The van der Waals surface area contributed by atoms with Crippen LogP contribution in [0.1, 0.15) is 41.8 Å². The van der Waals surface area contributed by atoms with Gasteiger partial charge in [-0.1, -0.05) is 56.7 Å². The predicted octanol–water partition coefficient (Wildman–Crippen LogP) is 4.56. The minimum absolute atomic E-state index is 0.157. The van der Waals surface area contributed by atoms with E-state index < -0.39 is 5.97 Å². The zero-order chi connectivity index (χ0) is 22.0. The molecule has 0 spiro atoms. The molecule has 0 aliphatic carbocycles. The standard InChI is InChI=1S/C24H25N5O2/c1-4-15(2)14-31-24(30)20-21-23(28-19-12-8-7-11-18(19)27-21)29(22(20)25)26-13-17-10-6-5-9-16(17)3/h5-13,15H,4,14,25H2,1-3H3. The number of anilines is 1. The second kappa shape index (κ2) is 8.55. The number of carbonyl (C=O) groups excluding carboxylic acids is 1. The number of nitrogen functional groups attached to an aromatic ring is 1. The van der Waals surface area contributed by atoms with Gasteiger partial charge in [0.15, 0.2) is 5.65 Å². The zero-order valence-electron chi connectivity index (χ0n) is 17.9. The lowest BCUT2D eigenvalue weighted by Crippen LogP contribution is -2.13. The van der Waals surface area contributed by atoms with Crippen LogP contribution < -0.4 is 5.73 Å². The molecule has 2 heterocycles. The first-order valence-corrected chi connectivity index (χ1v) is 10.3. The van der Waals surface area contributed by atoms with Gasteiger partial charge in [0.25, 0.3) is 0 Å². The van der Waals surface area contributed by atoms with Gasteiger partial charge in [0.1, 0.15) is 16.9 Å². The van der Waals surface area contributed by atoms with Crippen LogP contribution in [0.5, 0.6) is 0 Å². The molecule has 4 rings (SSSR count). The van der Waals surface area contributed by atoms with Crippen molar-refractivity contribution in [3.63, 3.8) is 0 Å².